The van der Waals surface area contributed by atoms with E-state index in [-0.39, 0.29) is 0 Å². The van der Waals surface area contributed by atoms with Gasteiger partial charge in [0, 0.05) is 5.41 Å². The lowest BCUT2D eigenvalue weighted by Crippen LogP contribution is -2.29. The van der Waals surface area contributed by atoms with E-state index in [1.165, 1.54) is 70.6 Å². The highest BCUT2D eigenvalue weighted by atomic mass is 14.5. The normalized spacial score (nSPS) is 23.2. The second kappa shape index (κ2) is 3.98. The number of fused-ring (bicyclic) bond motifs is 6. The molecule has 0 nitrogen and oxygen atoms in total. The van der Waals surface area contributed by atoms with Crippen molar-refractivity contribution in [3.63, 3.8) is 0 Å². The number of benzene rings is 2. The average Bonchev–Trinajstić information content (AvgIpc) is 3.41. The third-order valence-electron chi connectivity index (χ3n) is 7.70. The summed E-state index contributed by atoms with van der Waals surface area (Å²) in [4.78, 5) is 0. The van der Waals surface area contributed by atoms with E-state index in [0.717, 1.165) is 0 Å². The summed E-state index contributed by atoms with van der Waals surface area (Å²) in [5.74, 6) is 0. The van der Waals surface area contributed by atoms with Crippen molar-refractivity contribution < 1.29 is 0 Å². The van der Waals surface area contributed by atoms with Crippen molar-refractivity contribution in [2.24, 2.45) is 0 Å². The number of rotatable bonds is 2. The predicted octanol–water partition coefficient (Wildman–Crippen LogP) is 5.33. The first-order valence-corrected chi connectivity index (χ1v) is 10.2. The molecule has 0 radical (unpaired) electrons. The molecule has 24 heavy (non-hydrogen) atoms. The fourth-order valence-electron chi connectivity index (χ4n) is 6.10. The predicted molar refractivity (Wildman–Crippen MR) is 97.2 cm³/mol. The van der Waals surface area contributed by atoms with Crippen LogP contribution in [0.25, 0.3) is 0 Å². The van der Waals surface area contributed by atoms with Crippen LogP contribution < -0.4 is 0 Å². The van der Waals surface area contributed by atoms with Crippen molar-refractivity contribution >= 4 is 0 Å². The fraction of sp³-hybridized carbons (Fsp3) is 0.500. The fourth-order valence-corrected chi connectivity index (χ4v) is 6.10. The van der Waals surface area contributed by atoms with Crippen LogP contribution in [0.2, 0.25) is 0 Å². The Morgan fingerprint density at radius 1 is 0.500 bits per heavy atom. The summed E-state index contributed by atoms with van der Waals surface area (Å²) in [5, 5.41) is 0. The molecule has 2 aromatic carbocycles. The molecule has 0 N–H and O–H groups in total. The molecule has 0 atom stereocenters. The average molecular weight is 312 g/mol. The van der Waals surface area contributed by atoms with Gasteiger partial charge in [0.2, 0.25) is 0 Å². The summed E-state index contributed by atoms with van der Waals surface area (Å²) in [6, 6.07) is 5.31. The van der Waals surface area contributed by atoms with E-state index in [1.54, 1.807) is 55.6 Å². The first-order chi connectivity index (χ1) is 11.9. The Hall–Kier alpha value is -1.56. The van der Waals surface area contributed by atoms with E-state index in [1.807, 2.05) is 0 Å². The second-order valence-electron chi connectivity index (χ2n) is 9.09. The number of hydrogen-bond acceptors (Lipinski definition) is 0. The SMILES string of the molecule is c1c2c(c3c(c1C1(c4cc5c(c6c4C6)C5)CCCCCCC1)C3)C2. The zero-order valence-corrected chi connectivity index (χ0v) is 14.4. The van der Waals surface area contributed by atoms with Crippen molar-refractivity contribution in [1.82, 2.24) is 0 Å². The van der Waals surface area contributed by atoms with Gasteiger partial charge in [0.25, 0.3) is 0 Å². The molecule has 5 aliphatic carbocycles. The molecule has 5 aliphatic rings. The lowest BCUT2D eigenvalue weighted by atomic mass is 9.66. The second-order valence-corrected chi connectivity index (χ2v) is 9.09. The van der Waals surface area contributed by atoms with Crippen LogP contribution in [0.3, 0.4) is 0 Å². The van der Waals surface area contributed by atoms with Gasteiger partial charge in [0.1, 0.15) is 0 Å². The van der Waals surface area contributed by atoms with Gasteiger partial charge >= 0.3 is 0 Å². The van der Waals surface area contributed by atoms with Gasteiger partial charge in [-0.15, -0.1) is 0 Å². The van der Waals surface area contributed by atoms with Crippen LogP contribution in [-0.4, -0.2) is 0 Å². The van der Waals surface area contributed by atoms with Crippen LogP contribution >= 0.6 is 0 Å². The molecule has 0 heteroatoms. The standard InChI is InChI=1S/C24H24/c1-2-4-6-24(7-5-3-1,22-10-14-8-16(14)18-12-20(18)22)23-11-15-9-17(15)19-13-21(19)23/h10-11H,1-9,12-13H2. The van der Waals surface area contributed by atoms with Crippen molar-refractivity contribution in [2.45, 2.75) is 76.0 Å². The molecule has 0 aliphatic heterocycles. The molecule has 7 rings (SSSR count). The van der Waals surface area contributed by atoms with Crippen molar-refractivity contribution in [2.75, 3.05) is 0 Å². The summed E-state index contributed by atoms with van der Waals surface area (Å²) < 4.78 is 0. The highest BCUT2D eigenvalue weighted by Gasteiger charge is 2.47. The topological polar surface area (TPSA) is 0 Å². The monoisotopic (exact) mass is 312 g/mol. The Kier molecular flexibility index (Phi) is 2.11. The smallest absolute Gasteiger partial charge is 0.0209 e. The van der Waals surface area contributed by atoms with Crippen LogP contribution in [-0.2, 0) is 31.1 Å². The highest BCUT2D eigenvalue weighted by molar-refractivity contribution is 5.72. The molecule has 0 bridgehead atoms. The van der Waals surface area contributed by atoms with E-state index < -0.39 is 0 Å². The summed E-state index contributed by atoms with van der Waals surface area (Å²) in [5.41, 5.74) is 17.8. The molecule has 0 amide bonds. The van der Waals surface area contributed by atoms with Gasteiger partial charge in [-0.1, -0.05) is 44.2 Å². The Balaban J connectivity index is 1.46. The lowest BCUT2D eigenvalue weighted by Gasteiger charge is -2.37. The minimum absolute atomic E-state index is 0.372. The van der Waals surface area contributed by atoms with Crippen LogP contribution in [0.5, 0.6) is 0 Å². The van der Waals surface area contributed by atoms with E-state index in [2.05, 4.69) is 12.1 Å². The van der Waals surface area contributed by atoms with Crippen LogP contribution in [0.15, 0.2) is 12.1 Å². The van der Waals surface area contributed by atoms with Crippen molar-refractivity contribution in [3.8, 4) is 0 Å². The summed E-state index contributed by atoms with van der Waals surface area (Å²) in [7, 11) is 0. The summed E-state index contributed by atoms with van der Waals surface area (Å²) >= 11 is 0. The van der Waals surface area contributed by atoms with Crippen LogP contribution in [0, 0.1) is 0 Å². The third kappa shape index (κ3) is 1.56. The van der Waals surface area contributed by atoms with Crippen LogP contribution in [0.4, 0.5) is 0 Å². The molecule has 0 spiro atoms. The molecule has 1 fully saturated rings. The van der Waals surface area contributed by atoms with Crippen molar-refractivity contribution in [3.05, 3.63) is 67.8 Å². The maximum absolute atomic E-state index is 2.66. The largest absolute Gasteiger partial charge is 0.0540 e. The highest BCUT2D eigenvalue weighted by Crippen LogP contribution is 2.57. The molecular weight excluding hydrogens is 288 g/mol. The van der Waals surface area contributed by atoms with Gasteiger partial charge < -0.3 is 0 Å². The zero-order chi connectivity index (χ0) is 15.5. The molecule has 0 unspecified atom stereocenters. The molecular formula is C24H24. The van der Waals surface area contributed by atoms with Gasteiger partial charge in [-0.2, -0.15) is 0 Å². The Bertz CT molecular complexity index is 866. The number of hydrogen-bond donors (Lipinski definition) is 0. The Morgan fingerprint density at radius 3 is 1.54 bits per heavy atom. The first kappa shape index (κ1) is 12.8. The Morgan fingerprint density at radius 2 is 1.00 bits per heavy atom. The third-order valence-corrected chi connectivity index (χ3v) is 7.70. The van der Waals surface area contributed by atoms with E-state index in [4.69, 9.17) is 0 Å². The first-order valence-electron chi connectivity index (χ1n) is 10.2. The maximum atomic E-state index is 2.66. The molecule has 0 aromatic heterocycles. The quantitative estimate of drug-likeness (QED) is 0.405. The summed E-state index contributed by atoms with van der Waals surface area (Å²) in [6.07, 6.45) is 15.3. The maximum Gasteiger partial charge on any atom is 0.0209 e. The molecule has 0 saturated heterocycles. The minimum atomic E-state index is 0.372. The minimum Gasteiger partial charge on any atom is -0.0540 e. The van der Waals surface area contributed by atoms with Gasteiger partial charge in [-0.05, 0) is 94.2 Å². The summed E-state index contributed by atoms with van der Waals surface area (Å²) in [6.45, 7) is 0. The van der Waals surface area contributed by atoms with E-state index >= 15 is 0 Å². The van der Waals surface area contributed by atoms with Gasteiger partial charge in [0.15, 0.2) is 0 Å². The Labute approximate surface area is 144 Å². The van der Waals surface area contributed by atoms with E-state index in [0.29, 0.717) is 5.41 Å². The van der Waals surface area contributed by atoms with E-state index in [9.17, 15) is 0 Å². The van der Waals surface area contributed by atoms with Gasteiger partial charge in [-0.3, -0.25) is 0 Å². The molecule has 2 aromatic rings. The van der Waals surface area contributed by atoms with Gasteiger partial charge in [0.05, 0.1) is 0 Å². The zero-order valence-electron chi connectivity index (χ0n) is 14.4. The lowest BCUT2D eigenvalue weighted by molar-refractivity contribution is 0.366. The van der Waals surface area contributed by atoms with Crippen LogP contribution in [0.1, 0.15) is 101 Å². The molecule has 1 saturated carbocycles. The van der Waals surface area contributed by atoms with Crippen molar-refractivity contribution in [1.29, 1.82) is 0 Å². The molecule has 120 valence electrons. The molecule has 0 heterocycles. The van der Waals surface area contributed by atoms with Gasteiger partial charge in [-0.25, -0.2) is 0 Å².